The summed E-state index contributed by atoms with van der Waals surface area (Å²) in [4.78, 5) is 5.74. The lowest BCUT2D eigenvalue weighted by molar-refractivity contribution is 0.989. The van der Waals surface area contributed by atoms with Gasteiger partial charge in [-0.2, -0.15) is 0 Å². The van der Waals surface area contributed by atoms with Crippen molar-refractivity contribution in [1.82, 2.24) is 4.98 Å². The maximum Gasteiger partial charge on any atom is 0.125 e. The highest BCUT2D eigenvalue weighted by Gasteiger charge is 2.11. The maximum absolute atomic E-state index is 6.14. The second kappa shape index (κ2) is 4.95. The second-order valence-corrected chi connectivity index (χ2v) is 4.92. The van der Waals surface area contributed by atoms with Crippen LogP contribution in [0.15, 0.2) is 24.3 Å². The zero-order valence-corrected chi connectivity index (χ0v) is 10.6. The van der Waals surface area contributed by atoms with Gasteiger partial charge in [-0.15, -0.1) is 11.3 Å². The lowest BCUT2D eigenvalue weighted by Crippen LogP contribution is -1.96. The number of halogens is 1. The molecule has 16 heavy (non-hydrogen) atoms. The fourth-order valence-corrected chi connectivity index (χ4v) is 2.92. The van der Waals surface area contributed by atoms with Gasteiger partial charge in [0.1, 0.15) is 5.01 Å². The minimum Gasteiger partial charge on any atom is -0.326 e. The van der Waals surface area contributed by atoms with Crippen LogP contribution in [0, 0.1) is 0 Å². The predicted molar refractivity (Wildman–Crippen MR) is 69.8 cm³/mol. The highest BCUT2D eigenvalue weighted by atomic mass is 35.5. The van der Waals surface area contributed by atoms with E-state index in [-0.39, 0.29) is 0 Å². The molecule has 1 heterocycles. The SMILES string of the molecule is CCc1nc(-c2ccccc2Cl)sc1CN. The van der Waals surface area contributed by atoms with Gasteiger partial charge in [-0.25, -0.2) is 4.98 Å². The Bertz CT molecular complexity index is 472. The summed E-state index contributed by atoms with van der Waals surface area (Å²) in [5.74, 6) is 0. The smallest absolute Gasteiger partial charge is 0.125 e. The Kier molecular flexibility index (Phi) is 3.59. The van der Waals surface area contributed by atoms with Crippen LogP contribution in [0.1, 0.15) is 17.5 Å². The van der Waals surface area contributed by atoms with Gasteiger partial charge in [0, 0.05) is 17.0 Å². The van der Waals surface area contributed by atoms with Gasteiger partial charge >= 0.3 is 0 Å². The molecule has 2 aromatic rings. The highest BCUT2D eigenvalue weighted by Crippen LogP contribution is 2.32. The van der Waals surface area contributed by atoms with Crippen LogP contribution < -0.4 is 5.73 Å². The first-order valence-corrected chi connectivity index (χ1v) is 6.39. The molecular formula is C12H13ClN2S. The Morgan fingerprint density at radius 2 is 2.12 bits per heavy atom. The normalized spacial score (nSPS) is 10.7. The summed E-state index contributed by atoms with van der Waals surface area (Å²) >= 11 is 7.77. The minimum absolute atomic E-state index is 0.547. The van der Waals surface area contributed by atoms with E-state index < -0.39 is 0 Å². The van der Waals surface area contributed by atoms with E-state index in [4.69, 9.17) is 17.3 Å². The van der Waals surface area contributed by atoms with Crippen molar-refractivity contribution in [2.24, 2.45) is 5.73 Å². The molecule has 4 heteroatoms. The number of thiazole rings is 1. The van der Waals surface area contributed by atoms with E-state index in [2.05, 4.69) is 11.9 Å². The van der Waals surface area contributed by atoms with Gasteiger partial charge in [-0.1, -0.05) is 36.7 Å². The molecule has 2 nitrogen and oxygen atoms in total. The van der Waals surface area contributed by atoms with E-state index in [9.17, 15) is 0 Å². The molecule has 0 aliphatic rings. The molecule has 0 amide bonds. The van der Waals surface area contributed by atoms with Crippen LogP contribution in [0.3, 0.4) is 0 Å². The van der Waals surface area contributed by atoms with Crippen molar-refractivity contribution in [3.8, 4) is 10.6 Å². The number of aromatic nitrogens is 1. The average Bonchev–Trinajstić information content (AvgIpc) is 2.72. The van der Waals surface area contributed by atoms with Crippen molar-refractivity contribution >= 4 is 22.9 Å². The Morgan fingerprint density at radius 1 is 1.38 bits per heavy atom. The fourth-order valence-electron chi connectivity index (χ4n) is 1.57. The molecule has 0 radical (unpaired) electrons. The minimum atomic E-state index is 0.547. The summed E-state index contributed by atoms with van der Waals surface area (Å²) in [7, 11) is 0. The molecule has 2 rings (SSSR count). The maximum atomic E-state index is 6.14. The van der Waals surface area contributed by atoms with Crippen LogP contribution in [0.2, 0.25) is 5.02 Å². The van der Waals surface area contributed by atoms with Crippen molar-refractivity contribution in [2.75, 3.05) is 0 Å². The molecule has 0 saturated carbocycles. The van der Waals surface area contributed by atoms with Gasteiger partial charge in [0.05, 0.1) is 10.7 Å². The molecule has 0 atom stereocenters. The number of hydrogen-bond acceptors (Lipinski definition) is 3. The van der Waals surface area contributed by atoms with Crippen LogP contribution in [0.4, 0.5) is 0 Å². The predicted octanol–water partition coefficient (Wildman–Crippen LogP) is 3.48. The first-order valence-electron chi connectivity index (χ1n) is 5.19. The number of rotatable bonds is 3. The van der Waals surface area contributed by atoms with Crippen LogP contribution in [-0.2, 0) is 13.0 Å². The van der Waals surface area contributed by atoms with E-state index in [1.807, 2.05) is 24.3 Å². The molecule has 0 bridgehead atoms. The summed E-state index contributed by atoms with van der Waals surface area (Å²) in [6, 6.07) is 7.76. The van der Waals surface area contributed by atoms with Crippen molar-refractivity contribution in [2.45, 2.75) is 19.9 Å². The Balaban J connectivity index is 2.49. The summed E-state index contributed by atoms with van der Waals surface area (Å²) in [5.41, 5.74) is 7.77. The van der Waals surface area contributed by atoms with Crippen LogP contribution in [-0.4, -0.2) is 4.98 Å². The lowest BCUT2D eigenvalue weighted by Gasteiger charge is -1.98. The van der Waals surface area contributed by atoms with Crippen molar-refractivity contribution in [1.29, 1.82) is 0 Å². The molecule has 1 aromatic heterocycles. The van der Waals surface area contributed by atoms with E-state index in [1.165, 1.54) is 0 Å². The van der Waals surface area contributed by atoms with E-state index in [0.29, 0.717) is 6.54 Å². The van der Waals surface area contributed by atoms with Gasteiger partial charge in [0.25, 0.3) is 0 Å². The van der Waals surface area contributed by atoms with Gasteiger partial charge in [-0.05, 0) is 12.5 Å². The lowest BCUT2D eigenvalue weighted by atomic mass is 10.2. The number of benzene rings is 1. The van der Waals surface area contributed by atoms with Gasteiger partial charge < -0.3 is 5.73 Å². The zero-order chi connectivity index (χ0) is 11.5. The standard InChI is InChI=1S/C12H13ClN2S/c1-2-10-11(7-14)16-12(15-10)8-5-3-4-6-9(8)13/h3-6H,2,7,14H2,1H3. The molecule has 0 aliphatic heterocycles. The molecule has 0 saturated heterocycles. The van der Waals surface area contributed by atoms with Crippen LogP contribution in [0.25, 0.3) is 10.6 Å². The van der Waals surface area contributed by atoms with Crippen molar-refractivity contribution < 1.29 is 0 Å². The Morgan fingerprint density at radius 3 is 2.69 bits per heavy atom. The average molecular weight is 253 g/mol. The third-order valence-corrected chi connectivity index (χ3v) is 3.89. The summed E-state index contributed by atoms with van der Waals surface area (Å²) in [6.45, 7) is 2.63. The first kappa shape index (κ1) is 11.6. The van der Waals surface area contributed by atoms with Gasteiger partial charge in [0.15, 0.2) is 0 Å². The van der Waals surface area contributed by atoms with E-state index >= 15 is 0 Å². The molecule has 0 aliphatic carbocycles. The third-order valence-electron chi connectivity index (χ3n) is 2.40. The largest absolute Gasteiger partial charge is 0.326 e. The summed E-state index contributed by atoms with van der Waals surface area (Å²) < 4.78 is 0. The molecule has 0 spiro atoms. The molecular weight excluding hydrogens is 240 g/mol. The second-order valence-electron chi connectivity index (χ2n) is 3.43. The van der Waals surface area contributed by atoms with E-state index in [1.54, 1.807) is 11.3 Å². The quantitative estimate of drug-likeness (QED) is 0.908. The number of aryl methyl sites for hydroxylation is 1. The highest BCUT2D eigenvalue weighted by molar-refractivity contribution is 7.15. The Labute approximate surface area is 104 Å². The van der Waals surface area contributed by atoms with E-state index in [0.717, 1.165) is 32.6 Å². The number of hydrogen-bond donors (Lipinski definition) is 1. The molecule has 1 aromatic carbocycles. The topological polar surface area (TPSA) is 38.9 Å². The van der Waals surface area contributed by atoms with Crippen molar-refractivity contribution in [3.05, 3.63) is 39.9 Å². The van der Waals surface area contributed by atoms with Gasteiger partial charge in [0.2, 0.25) is 0 Å². The molecule has 84 valence electrons. The summed E-state index contributed by atoms with van der Waals surface area (Å²) in [5, 5.41) is 1.70. The first-order chi connectivity index (χ1) is 7.76. The molecule has 0 fully saturated rings. The molecule has 2 N–H and O–H groups in total. The van der Waals surface area contributed by atoms with Crippen LogP contribution in [0.5, 0.6) is 0 Å². The summed E-state index contributed by atoms with van der Waals surface area (Å²) in [6.07, 6.45) is 0.910. The number of nitrogens with two attached hydrogens (primary N) is 1. The van der Waals surface area contributed by atoms with Gasteiger partial charge in [-0.3, -0.25) is 0 Å². The van der Waals surface area contributed by atoms with Crippen LogP contribution >= 0.6 is 22.9 Å². The van der Waals surface area contributed by atoms with Crippen molar-refractivity contribution in [3.63, 3.8) is 0 Å². The Hall–Kier alpha value is -0.900. The zero-order valence-electron chi connectivity index (χ0n) is 9.03. The molecule has 0 unspecified atom stereocenters. The number of nitrogens with zero attached hydrogens (tertiary/aromatic N) is 1. The fraction of sp³-hybridized carbons (Fsp3) is 0.250. The monoisotopic (exact) mass is 252 g/mol. The third kappa shape index (κ3) is 2.12.